The summed E-state index contributed by atoms with van der Waals surface area (Å²) in [5.41, 5.74) is 0. The van der Waals surface area contributed by atoms with Gasteiger partial charge in [-0.2, -0.15) is 0 Å². The summed E-state index contributed by atoms with van der Waals surface area (Å²) in [7, 11) is -0.992. The van der Waals surface area contributed by atoms with Gasteiger partial charge < -0.3 is 5.32 Å². The van der Waals surface area contributed by atoms with Gasteiger partial charge >= 0.3 is 0 Å². The van der Waals surface area contributed by atoms with E-state index < -0.39 is 10.8 Å². The molecule has 1 aromatic carbocycles. The molecule has 1 heterocycles. The van der Waals surface area contributed by atoms with Crippen LogP contribution in [0.25, 0.3) is 0 Å². The van der Waals surface area contributed by atoms with Gasteiger partial charge in [-0.25, -0.2) is 0 Å². The van der Waals surface area contributed by atoms with Crippen molar-refractivity contribution < 1.29 is 9.00 Å². The molecule has 0 saturated carbocycles. The summed E-state index contributed by atoms with van der Waals surface area (Å²) in [5, 5.41) is 2.71. The third kappa shape index (κ3) is 2.01. The number of carbonyl (C=O) groups excluding carboxylic acids is 1. The number of amides is 1. The van der Waals surface area contributed by atoms with E-state index in [0.29, 0.717) is 12.2 Å². The number of hydrogen-bond donors (Lipinski definition) is 1. The Bertz CT molecular complexity index is 356. The summed E-state index contributed by atoms with van der Waals surface area (Å²) in [6.07, 6.45) is 0.512. The summed E-state index contributed by atoms with van der Waals surface area (Å²) in [4.78, 5) is 11.4. The molecule has 1 aromatic rings. The molecule has 2 unspecified atom stereocenters. The lowest BCUT2D eigenvalue weighted by molar-refractivity contribution is -0.127. The first-order valence-electron chi connectivity index (χ1n) is 4.48. The predicted molar refractivity (Wildman–Crippen MR) is 54.3 cm³/mol. The minimum atomic E-state index is -0.992. The largest absolute Gasteiger partial charge is 0.352 e. The number of nitrogens with one attached hydrogen (secondary N) is 1. The molecular weight excluding hydrogens is 198 g/mol. The molecule has 74 valence electrons. The Morgan fingerprint density at radius 1 is 1.36 bits per heavy atom. The van der Waals surface area contributed by atoms with Crippen LogP contribution in [0.3, 0.4) is 0 Å². The summed E-state index contributed by atoms with van der Waals surface area (Å²) < 4.78 is 11.7. The van der Waals surface area contributed by atoms with Gasteiger partial charge in [-0.1, -0.05) is 18.2 Å². The molecule has 1 saturated heterocycles. The van der Waals surface area contributed by atoms with E-state index in [0.717, 1.165) is 4.90 Å². The van der Waals surface area contributed by atoms with Crippen molar-refractivity contribution in [2.24, 2.45) is 0 Å². The smallest absolute Gasteiger partial charge is 0.222 e. The van der Waals surface area contributed by atoms with Gasteiger partial charge in [-0.3, -0.25) is 9.00 Å². The van der Waals surface area contributed by atoms with Crippen LogP contribution < -0.4 is 5.32 Å². The van der Waals surface area contributed by atoms with E-state index in [1.165, 1.54) is 0 Å². The highest BCUT2D eigenvalue weighted by molar-refractivity contribution is 7.85. The minimum Gasteiger partial charge on any atom is -0.352 e. The van der Waals surface area contributed by atoms with E-state index in [1.807, 2.05) is 30.3 Å². The molecule has 14 heavy (non-hydrogen) atoms. The van der Waals surface area contributed by atoms with Crippen molar-refractivity contribution >= 4 is 16.7 Å². The Morgan fingerprint density at radius 3 is 2.57 bits per heavy atom. The van der Waals surface area contributed by atoms with Crippen LogP contribution in [-0.4, -0.2) is 21.9 Å². The second kappa shape index (κ2) is 3.92. The fraction of sp³-hybridized carbons (Fsp3) is 0.300. The molecule has 0 aromatic heterocycles. The van der Waals surface area contributed by atoms with Gasteiger partial charge in [0.1, 0.15) is 0 Å². The molecule has 2 rings (SSSR count). The molecule has 0 radical (unpaired) electrons. The van der Waals surface area contributed by atoms with E-state index in [4.69, 9.17) is 0 Å². The predicted octanol–water partition coefficient (Wildman–Crippen LogP) is 0.683. The van der Waals surface area contributed by atoms with Gasteiger partial charge in [0.15, 0.2) is 0 Å². The van der Waals surface area contributed by atoms with Crippen molar-refractivity contribution in [3.63, 3.8) is 0 Å². The Labute approximate surface area is 85.0 Å². The molecule has 1 aliphatic rings. The normalized spacial score (nSPS) is 22.3. The van der Waals surface area contributed by atoms with Gasteiger partial charge in [-0.15, -0.1) is 0 Å². The summed E-state index contributed by atoms with van der Waals surface area (Å²) in [6, 6.07) is 9.42. The maximum Gasteiger partial charge on any atom is 0.222 e. The van der Waals surface area contributed by atoms with Crippen LogP contribution in [0.5, 0.6) is 0 Å². The van der Waals surface area contributed by atoms with Crippen LogP contribution in [0.15, 0.2) is 35.2 Å². The number of benzene rings is 1. The van der Waals surface area contributed by atoms with Crippen molar-refractivity contribution in [2.45, 2.75) is 17.4 Å². The number of rotatable bonds is 3. The standard InChI is InChI=1S/C10H11NO2S/c12-10-6-8(11-10)7-14(13)9-4-2-1-3-5-9/h1-5,8H,6-7H2,(H,11,12). The summed E-state index contributed by atoms with van der Waals surface area (Å²) >= 11 is 0. The second-order valence-corrected chi connectivity index (χ2v) is 4.79. The van der Waals surface area contributed by atoms with Crippen molar-refractivity contribution in [1.29, 1.82) is 0 Å². The molecule has 0 aliphatic carbocycles. The van der Waals surface area contributed by atoms with Crippen LogP contribution in [0.4, 0.5) is 0 Å². The first-order chi connectivity index (χ1) is 6.75. The van der Waals surface area contributed by atoms with Crippen LogP contribution in [0.1, 0.15) is 6.42 Å². The van der Waals surface area contributed by atoms with E-state index in [-0.39, 0.29) is 11.9 Å². The van der Waals surface area contributed by atoms with Crippen molar-refractivity contribution in [2.75, 3.05) is 5.75 Å². The van der Waals surface area contributed by atoms with Gasteiger partial charge in [0.05, 0.1) is 10.8 Å². The van der Waals surface area contributed by atoms with Crippen LogP contribution >= 0.6 is 0 Å². The van der Waals surface area contributed by atoms with Crippen LogP contribution in [0, 0.1) is 0 Å². The lowest BCUT2D eigenvalue weighted by Gasteiger charge is -2.26. The summed E-state index contributed by atoms with van der Waals surface area (Å²) in [6.45, 7) is 0. The maximum absolute atomic E-state index is 11.7. The van der Waals surface area contributed by atoms with Gasteiger partial charge in [0.25, 0.3) is 0 Å². The fourth-order valence-electron chi connectivity index (χ4n) is 1.38. The monoisotopic (exact) mass is 209 g/mol. The van der Waals surface area contributed by atoms with E-state index in [1.54, 1.807) is 0 Å². The third-order valence-electron chi connectivity index (χ3n) is 2.16. The fourth-order valence-corrected chi connectivity index (χ4v) is 2.60. The van der Waals surface area contributed by atoms with Crippen LogP contribution in [0.2, 0.25) is 0 Å². The minimum absolute atomic E-state index is 0.0556. The molecule has 1 aliphatic heterocycles. The highest BCUT2D eigenvalue weighted by atomic mass is 32.2. The first-order valence-corrected chi connectivity index (χ1v) is 5.80. The van der Waals surface area contributed by atoms with E-state index in [9.17, 15) is 9.00 Å². The van der Waals surface area contributed by atoms with Gasteiger partial charge in [0, 0.05) is 23.1 Å². The molecular formula is C10H11NO2S. The third-order valence-corrected chi connectivity index (χ3v) is 3.66. The van der Waals surface area contributed by atoms with Crippen LogP contribution in [-0.2, 0) is 15.6 Å². The quantitative estimate of drug-likeness (QED) is 0.744. The second-order valence-electron chi connectivity index (χ2n) is 3.29. The highest BCUT2D eigenvalue weighted by Crippen LogP contribution is 2.11. The molecule has 0 bridgehead atoms. The molecule has 1 N–H and O–H groups in total. The molecule has 1 amide bonds. The average Bonchev–Trinajstić information content (AvgIpc) is 2.17. The zero-order valence-electron chi connectivity index (χ0n) is 7.60. The Morgan fingerprint density at radius 2 is 2.00 bits per heavy atom. The van der Waals surface area contributed by atoms with Gasteiger partial charge in [-0.05, 0) is 12.1 Å². The number of β-lactam (4-membered cyclic amide) rings is 1. The van der Waals surface area contributed by atoms with Crippen molar-refractivity contribution in [1.82, 2.24) is 5.32 Å². The van der Waals surface area contributed by atoms with Crippen molar-refractivity contribution in [3.05, 3.63) is 30.3 Å². The van der Waals surface area contributed by atoms with E-state index >= 15 is 0 Å². The molecule has 0 spiro atoms. The number of hydrogen-bond acceptors (Lipinski definition) is 2. The zero-order chi connectivity index (χ0) is 9.97. The molecule has 2 atom stereocenters. The SMILES string of the molecule is O=C1CC(CS(=O)c2ccccc2)N1. The van der Waals surface area contributed by atoms with Crippen molar-refractivity contribution in [3.8, 4) is 0 Å². The lowest BCUT2D eigenvalue weighted by atomic mass is 10.1. The Kier molecular flexibility index (Phi) is 2.63. The van der Waals surface area contributed by atoms with Gasteiger partial charge in [0.2, 0.25) is 5.91 Å². The topological polar surface area (TPSA) is 46.2 Å². The molecule has 3 nitrogen and oxygen atoms in total. The van der Waals surface area contributed by atoms with E-state index in [2.05, 4.69) is 5.32 Å². The molecule has 1 fully saturated rings. The molecule has 4 heteroatoms. The highest BCUT2D eigenvalue weighted by Gasteiger charge is 2.26. The Hall–Kier alpha value is -1.16. The zero-order valence-corrected chi connectivity index (χ0v) is 8.42. The maximum atomic E-state index is 11.7. The number of carbonyl (C=O) groups is 1. The Balaban J connectivity index is 1.93. The lowest BCUT2D eigenvalue weighted by Crippen LogP contribution is -2.51. The average molecular weight is 209 g/mol. The summed E-state index contributed by atoms with van der Waals surface area (Å²) in [5.74, 6) is 0.579. The first kappa shape index (κ1) is 9.40.